The Labute approximate surface area is 502 Å². The van der Waals surface area contributed by atoms with E-state index in [2.05, 4.69) is 99.1 Å². The molecule has 2 aliphatic rings. The number of aromatic nitrogens is 1. The Kier molecular flexibility index (Phi) is 46.0. The predicted molar refractivity (Wildman–Crippen MR) is 314 cm³/mol. The second-order valence-corrected chi connectivity index (χ2v) is 17.1. The third kappa shape index (κ3) is 36.0. The molecule has 0 N–H and O–H groups in total. The largest absolute Gasteiger partial charge is 4.00 e. The molecule has 2 nitrogen and oxygen atoms in total. The average molecular weight is 1180 g/mol. The second-order valence-electron chi connectivity index (χ2n) is 17.1. The van der Waals surface area contributed by atoms with Crippen LogP contribution in [0.3, 0.4) is 0 Å². The molecule has 0 spiro atoms. The van der Waals surface area contributed by atoms with Gasteiger partial charge in [-0.3, -0.25) is 4.98 Å². The normalized spacial score (nSPS) is 11.7. The van der Waals surface area contributed by atoms with Crippen LogP contribution in [0.4, 0.5) is 5.69 Å². The van der Waals surface area contributed by atoms with E-state index >= 15 is 0 Å². The maximum absolute atomic E-state index is 4.82. The van der Waals surface area contributed by atoms with E-state index in [9.17, 15) is 0 Å². The van der Waals surface area contributed by atoms with Gasteiger partial charge in [-0.05, 0) is 32.9 Å². The molecule has 74 heavy (non-hydrogen) atoms. The SMILES string of the molecule is C1CCCC1.Cc1cc(C)c([N-]Cc2cccc(C3[CH-]CCC3)n2)c(C)c1.[CH2-]c1ccccc1.[CH2-]c1ccccc1.[CH2-]c1ccccc1.[CH2-]c1ccccc1.[CH2-]c1ccccc1.[CH2-]c1ccccc1.[CH3-].[CH3-].[Fe+2].[Zr+3].[Zr+4]. The van der Waals surface area contributed by atoms with Crippen molar-refractivity contribution in [3.63, 3.8) is 0 Å². The first kappa shape index (κ1) is 73.2. The van der Waals surface area contributed by atoms with Crippen molar-refractivity contribution in [1.29, 1.82) is 0 Å². The molecule has 1 unspecified atom stereocenters. The number of benzene rings is 7. The van der Waals surface area contributed by atoms with Crippen LogP contribution in [0.25, 0.3) is 5.32 Å². The number of rotatable bonds is 4. The van der Waals surface area contributed by atoms with E-state index in [-0.39, 0.29) is 84.3 Å². The third-order valence-corrected chi connectivity index (χ3v) is 10.7. The summed E-state index contributed by atoms with van der Waals surface area (Å²) in [5, 5.41) is 4.81. The van der Waals surface area contributed by atoms with E-state index in [1.807, 2.05) is 182 Å². The molecule has 1 aromatic heterocycles. The summed E-state index contributed by atoms with van der Waals surface area (Å²) in [6.45, 7) is 29.4. The summed E-state index contributed by atoms with van der Waals surface area (Å²) in [5.74, 6) is 0.544. The summed E-state index contributed by atoms with van der Waals surface area (Å²) in [7, 11) is 0. The van der Waals surface area contributed by atoms with Crippen LogP contribution in [0.5, 0.6) is 0 Å². The molecule has 2 aliphatic carbocycles. The van der Waals surface area contributed by atoms with Gasteiger partial charge in [0.05, 0.1) is 0 Å². The third-order valence-electron chi connectivity index (χ3n) is 10.7. The molecule has 1 heterocycles. The van der Waals surface area contributed by atoms with Crippen molar-refractivity contribution in [2.24, 2.45) is 0 Å². The molecule has 10 rings (SSSR count). The summed E-state index contributed by atoms with van der Waals surface area (Å²) in [6, 6.07) is 70.0. The molecule has 385 valence electrons. The molecule has 1 atom stereocenters. The molecule has 0 amide bonds. The van der Waals surface area contributed by atoms with E-state index in [4.69, 9.17) is 10.3 Å². The molecule has 2 saturated carbocycles. The molecule has 0 saturated heterocycles. The minimum Gasteiger partial charge on any atom is -0.679 e. The van der Waals surface area contributed by atoms with Crippen LogP contribution in [0.1, 0.15) is 119 Å². The van der Waals surface area contributed by atoms with Crippen molar-refractivity contribution in [2.45, 2.75) is 84.6 Å². The van der Waals surface area contributed by atoms with E-state index in [0.717, 1.165) is 44.8 Å². The Hall–Kier alpha value is -5.00. The van der Waals surface area contributed by atoms with Crippen molar-refractivity contribution in [3.8, 4) is 0 Å². The summed E-state index contributed by atoms with van der Waals surface area (Å²) in [6.07, 6.45) is 13.7. The quantitative estimate of drug-likeness (QED) is 0.127. The fraction of sp³-hybridized carbons (Fsp3) is 0.188. The van der Waals surface area contributed by atoms with Gasteiger partial charge in [-0.2, -0.15) is 154 Å². The van der Waals surface area contributed by atoms with Crippen LogP contribution in [0.15, 0.2) is 212 Å². The van der Waals surface area contributed by atoms with Gasteiger partial charge < -0.3 is 26.6 Å². The first-order chi connectivity index (χ1) is 33.5. The van der Waals surface area contributed by atoms with E-state index in [1.54, 1.807) is 0 Å². The van der Waals surface area contributed by atoms with Crippen molar-refractivity contribution >= 4 is 5.69 Å². The topological polar surface area (TPSA) is 27.0 Å². The van der Waals surface area contributed by atoms with Crippen LogP contribution < -0.4 is 0 Å². The maximum atomic E-state index is 4.82. The van der Waals surface area contributed by atoms with Gasteiger partial charge in [-0.15, -0.1) is 84.4 Å². The van der Waals surface area contributed by atoms with E-state index < -0.39 is 0 Å². The van der Waals surface area contributed by atoms with Gasteiger partial charge in [0.15, 0.2) is 0 Å². The predicted octanol–water partition coefficient (Wildman–Crippen LogP) is 19.7. The smallest absolute Gasteiger partial charge is 0.679 e. The Bertz CT molecular complexity index is 2120. The number of pyridine rings is 1. The Balaban J connectivity index is -0.000000824. The van der Waals surface area contributed by atoms with E-state index in [1.165, 1.54) is 73.8 Å². The number of hydrogen-bond acceptors (Lipinski definition) is 1. The molecular weight excluding hydrogens is 1100 g/mol. The van der Waals surface area contributed by atoms with Crippen LogP contribution in [-0.2, 0) is 76.0 Å². The molecule has 0 aliphatic heterocycles. The Morgan fingerprint density at radius 3 is 0.986 bits per heavy atom. The van der Waals surface area contributed by atoms with Crippen LogP contribution in [-0.4, -0.2) is 4.98 Å². The van der Waals surface area contributed by atoms with Crippen molar-refractivity contribution in [2.75, 3.05) is 0 Å². The zero-order chi connectivity index (χ0) is 49.7. The van der Waals surface area contributed by atoms with Crippen LogP contribution in [0, 0.1) is 83.6 Å². The van der Waals surface area contributed by atoms with E-state index in [0.29, 0.717) is 12.5 Å². The van der Waals surface area contributed by atoms with Crippen LogP contribution >= 0.6 is 0 Å². The maximum Gasteiger partial charge on any atom is 4.00 e. The van der Waals surface area contributed by atoms with Crippen molar-refractivity contribution < 1.29 is 69.5 Å². The number of aryl methyl sites for hydroxylation is 3. The number of hydrogen-bond donors (Lipinski definition) is 0. The first-order valence-corrected chi connectivity index (χ1v) is 24.3. The van der Waals surface area contributed by atoms with Crippen molar-refractivity contribution in [3.05, 3.63) is 342 Å². The summed E-state index contributed by atoms with van der Waals surface area (Å²) in [5.41, 5.74) is 13.6. The molecular formula is C69H82FeN2Zr2-. The Morgan fingerprint density at radius 2 is 0.743 bits per heavy atom. The van der Waals surface area contributed by atoms with Gasteiger partial charge >= 0.3 is 69.5 Å². The zero-order valence-electron chi connectivity index (χ0n) is 45.2. The fourth-order valence-electron chi connectivity index (χ4n) is 7.17. The minimum atomic E-state index is 0. The van der Waals surface area contributed by atoms with Gasteiger partial charge in [-0.1, -0.05) is 123 Å². The van der Waals surface area contributed by atoms with Crippen molar-refractivity contribution in [1.82, 2.24) is 4.98 Å². The zero-order valence-corrected chi connectivity index (χ0v) is 51.2. The minimum absolute atomic E-state index is 0. The van der Waals surface area contributed by atoms with Gasteiger partial charge in [0, 0.05) is 11.4 Å². The van der Waals surface area contributed by atoms with Crippen LogP contribution in [0.2, 0.25) is 0 Å². The standard InChI is InChI=1S/C20H24N2.6C7H7.C5H10.2CH3.Fe.2Zr/c1-14-11-15(2)20(16(3)12-14)21-13-18-9-6-10-19(22-18)17-7-4-5-8-17;6*1-7-5-3-2-4-6-7;1-2-4-5-3-1;;;;;/h6-7,9-12,17H,4-5,8,13H2,1-3H3;6*2-6H,1H2;1-5H2;2*1H3;;;/q-2;6*-1;;2*-1;+2;+3;+4. The van der Waals surface area contributed by atoms with Gasteiger partial charge in [-0.25, -0.2) is 0 Å². The van der Waals surface area contributed by atoms with Gasteiger partial charge in [0.2, 0.25) is 0 Å². The first-order valence-electron chi connectivity index (χ1n) is 24.3. The number of nitrogens with zero attached hydrogens (tertiary/aromatic N) is 2. The molecule has 7 aromatic carbocycles. The summed E-state index contributed by atoms with van der Waals surface area (Å²) < 4.78 is 0. The average Bonchev–Trinajstić information content (AvgIpc) is 4.14. The Morgan fingerprint density at radius 1 is 0.446 bits per heavy atom. The molecule has 0 bridgehead atoms. The van der Waals surface area contributed by atoms with Gasteiger partial charge in [0.1, 0.15) is 0 Å². The molecule has 5 heteroatoms. The second kappa shape index (κ2) is 46.5. The molecule has 1 radical (unpaired) electrons. The fourth-order valence-corrected chi connectivity index (χ4v) is 7.17. The molecule has 2 fully saturated rings. The van der Waals surface area contributed by atoms with Gasteiger partial charge in [0.25, 0.3) is 0 Å². The summed E-state index contributed by atoms with van der Waals surface area (Å²) >= 11 is 0. The summed E-state index contributed by atoms with van der Waals surface area (Å²) in [4.78, 5) is 4.82. The molecule has 8 aromatic rings. The monoisotopic (exact) mass is 1170 g/mol.